The zero-order valence-corrected chi connectivity index (χ0v) is 16.3. The van der Waals surface area contributed by atoms with Crippen LogP contribution in [0.1, 0.15) is 75.0 Å². The van der Waals surface area contributed by atoms with Gasteiger partial charge in [0.05, 0.1) is 6.04 Å². The second kappa shape index (κ2) is 6.61. The number of aromatic hydroxyl groups is 1. The zero-order chi connectivity index (χ0) is 19.4. The summed E-state index contributed by atoms with van der Waals surface area (Å²) in [6.07, 6.45) is 6.12. The lowest BCUT2D eigenvalue weighted by molar-refractivity contribution is -0.126. The number of hydrogen-bond acceptors (Lipinski definition) is 2. The molecule has 4 rings (SSSR count). The lowest BCUT2D eigenvalue weighted by Gasteiger charge is -2.37. The number of benzene rings is 1. The van der Waals surface area contributed by atoms with Crippen molar-refractivity contribution in [2.45, 2.75) is 76.4 Å². The fourth-order valence-electron chi connectivity index (χ4n) is 5.51. The highest BCUT2D eigenvalue weighted by atomic mass is 35.5. The van der Waals surface area contributed by atoms with Gasteiger partial charge in [-0.05, 0) is 63.4 Å². The minimum atomic E-state index is -1.22. The van der Waals surface area contributed by atoms with Crippen molar-refractivity contribution in [3.05, 3.63) is 28.0 Å². The number of alkyl halides is 1. The first-order valence-corrected chi connectivity index (χ1v) is 10.3. The fraction of sp³-hybridized carbons (Fsp3) is 0.667. The van der Waals surface area contributed by atoms with Gasteiger partial charge in [-0.15, -0.1) is 0 Å². The third kappa shape index (κ3) is 3.12. The van der Waals surface area contributed by atoms with Crippen molar-refractivity contribution < 1.29 is 18.7 Å². The number of carbonyl (C=O) groups is 1. The summed E-state index contributed by atoms with van der Waals surface area (Å²) in [7, 11) is 0. The Balaban J connectivity index is 1.74. The van der Waals surface area contributed by atoms with Crippen molar-refractivity contribution in [1.82, 2.24) is 5.32 Å². The molecule has 27 heavy (non-hydrogen) atoms. The lowest BCUT2D eigenvalue weighted by Crippen LogP contribution is -2.41. The van der Waals surface area contributed by atoms with Crippen molar-refractivity contribution in [2.24, 2.45) is 11.3 Å². The van der Waals surface area contributed by atoms with Gasteiger partial charge in [0.1, 0.15) is 5.67 Å². The predicted molar refractivity (Wildman–Crippen MR) is 100 cm³/mol. The summed E-state index contributed by atoms with van der Waals surface area (Å²) in [5.41, 5.74) is -1.28. The Morgan fingerprint density at radius 2 is 1.93 bits per heavy atom. The molecule has 1 atom stereocenters. The molecule has 1 aromatic carbocycles. The number of nitrogens with one attached hydrogen (secondary N) is 1. The van der Waals surface area contributed by atoms with E-state index >= 15 is 4.39 Å². The summed E-state index contributed by atoms with van der Waals surface area (Å²) in [6, 6.07) is 0.825. The monoisotopic (exact) mass is 397 g/mol. The maximum Gasteiger partial charge on any atom is 0.223 e. The van der Waals surface area contributed by atoms with E-state index in [1.165, 1.54) is 6.07 Å². The first kappa shape index (κ1) is 19.0. The van der Waals surface area contributed by atoms with Crippen LogP contribution in [-0.2, 0) is 4.79 Å². The van der Waals surface area contributed by atoms with E-state index in [2.05, 4.69) is 5.32 Å². The van der Waals surface area contributed by atoms with Crippen molar-refractivity contribution in [2.75, 3.05) is 0 Å². The van der Waals surface area contributed by atoms with E-state index in [-0.39, 0.29) is 28.0 Å². The Hall–Kier alpha value is -1.36. The molecule has 3 nitrogen and oxygen atoms in total. The van der Waals surface area contributed by atoms with Crippen molar-refractivity contribution in [3.8, 4) is 5.75 Å². The molecule has 3 aliphatic carbocycles. The highest BCUT2D eigenvalue weighted by Gasteiger charge is 2.59. The molecular formula is C21H26ClF2NO2. The van der Waals surface area contributed by atoms with Crippen LogP contribution in [0, 0.1) is 24.1 Å². The van der Waals surface area contributed by atoms with Gasteiger partial charge in [-0.1, -0.05) is 24.4 Å². The minimum absolute atomic E-state index is 0.0700. The van der Waals surface area contributed by atoms with Crippen molar-refractivity contribution in [1.29, 1.82) is 0 Å². The third-order valence-electron chi connectivity index (χ3n) is 7.20. The van der Waals surface area contributed by atoms with E-state index in [0.717, 1.165) is 25.7 Å². The lowest BCUT2D eigenvalue weighted by atomic mass is 9.74. The smallest absolute Gasteiger partial charge is 0.223 e. The number of phenolic OH excluding ortho intramolecular Hbond substituents is 1. The van der Waals surface area contributed by atoms with Gasteiger partial charge in [0.15, 0.2) is 11.6 Å². The van der Waals surface area contributed by atoms with E-state index < -0.39 is 28.7 Å². The molecule has 0 heterocycles. The number of rotatable bonds is 4. The molecule has 0 radical (unpaired) electrons. The molecule has 3 fully saturated rings. The molecule has 3 saturated carbocycles. The largest absolute Gasteiger partial charge is 0.505 e. The predicted octanol–water partition coefficient (Wildman–Crippen LogP) is 5.51. The normalized spacial score (nSPS) is 31.4. The summed E-state index contributed by atoms with van der Waals surface area (Å²) in [5, 5.41) is 13.5. The molecule has 0 aliphatic heterocycles. The van der Waals surface area contributed by atoms with Crippen LogP contribution in [0.3, 0.4) is 0 Å². The summed E-state index contributed by atoms with van der Waals surface area (Å²) in [4.78, 5) is 12.9. The van der Waals surface area contributed by atoms with Gasteiger partial charge >= 0.3 is 0 Å². The van der Waals surface area contributed by atoms with Gasteiger partial charge in [0.25, 0.3) is 0 Å². The summed E-state index contributed by atoms with van der Waals surface area (Å²) in [5.74, 6) is -1.41. The summed E-state index contributed by atoms with van der Waals surface area (Å²) < 4.78 is 29.9. The van der Waals surface area contributed by atoms with Crippen molar-refractivity contribution in [3.63, 3.8) is 0 Å². The van der Waals surface area contributed by atoms with Crippen LogP contribution in [0.2, 0.25) is 5.02 Å². The molecule has 6 heteroatoms. The first-order valence-electron chi connectivity index (χ1n) is 9.91. The number of halogens is 3. The SMILES string of the molecule is Cc1c(Cl)cc([C@@H](NC(=O)C2CCCC2)C23CCC(F)(CC2)C3)c(F)c1O. The minimum Gasteiger partial charge on any atom is -0.505 e. The van der Waals surface area contributed by atoms with Crippen LogP contribution in [0.5, 0.6) is 5.75 Å². The molecule has 1 amide bonds. The van der Waals surface area contributed by atoms with Gasteiger partial charge < -0.3 is 10.4 Å². The average molecular weight is 398 g/mol. The quantitative estimate of drug-likeness (QED) is 0.703. The fourth-order valence-corrected chi connectivity index (χ4v) is 5.72. The van der Waals surface area contributed by atoms with Crippen LogP contribution >= 0.6 is 11.6 Å². The van der Waals surface area contributed by atoms with Crippen LogP contribution in [0.15, 0.2) is 6.07 Å². The summed E-state index contributed by atoms with van der Waals surface area (Å²) >= 11 is 6.22. The molecule has 2 bridgehead atoms. The standard InChI is InChI=1S/C21H26ClF2NO2/c1-12-15(22)10-14(16(23)17(12)26)18(25-19(27)13-4-2-3-5-13)20-6-8-21(24,11-20)9-7-20/h10,13,18,26H,2-9,11H2,1H3,(H,25,27)/t18-,20?,21?/m1/s1. The second-order valence-electron chi connectivity index (χ2n) is 8.85. The van der Waals surface area contributed by atoms with Gasteiger partial charge in [-0.2, -0.15) is 0 Å². The Bertz CT molecular complexity index is 768. The molecule has 0 unspecified atom stereocenters. The number of amides is 1. The molecule has 1 aromatic rings. The van der Waals surface area contributed by atoms with Crippen LogP contribution in [-0.4, -0.2) is 16.7 Å². The zero-order valence-electron chi connectivity index (χ0n) is 15.6. The third-order valence-corrected chi connectivity index (χ3v) is 7.60. The number of hydrogen-bond donors (Lipinski definition) is 2. The molecule has 0 spiro atoms. The summed E-state index contributed by atoms with van der Waals surface area (Å²) in [6.45, 7) is 1.55. The van der Waals surface area contributed by atoms with Gasteiger partial charge in [0.2, 0.25) is 5.91 Å². The van der Waals surface area contributed by atoms with Crippen LogP contribution in [0.25, 0.3) is 0 Å². The van der Waals surface area contributed by atoms with Gasteiger partial charge in [0, 0.05) is 22.1 Å². The molecule has 0 saturated heterocycles. The second-order valence-corrected chi connectivity index (χ2v) is 9.26. The van der Waals surface area contributed by atoms with Gasteiger partial charge in [-0.25, -0.2) is 8.78 Å². The van der Waals surface area contributed by atoms with Crippen molar-refractivity contribution >= 4 is 17.5 Å². The Kier molecular flexibility index (Phi) is 4.65. The highest BCUT2D eigenvalue weighted by Crippen LogP contribution is 2.63. The Labute approximate surface area is 163 Å². The first-order chi connectivity index (χ1) is 12.7. The highest BCUT2D eigenvalue weighted by molar-refractivity contribution is 6.31. The van der Waals surface area contributed by atoms with E-state index in [0.29, 0.717) is 32.1 Å². The maximum absolute atomic E-state index is 15.0. The molecule has 0 aromatic heterocycles. The molecule has 3 aliphatic rings. The van der Waals surface area contributed by atoms with E-state index in [9.17, 15) is 14.3 Å². The Morgan fingerprint density at radius 1 is 1.30 bits per heavy atom. The number of carbonyl (C=O) groups excluding carboxylic acids is 1. The number of fused-ring (bicyclic) bond motifs is 2. The molecule has 2 N–H and O–H groups in total. The number of phenols is 1. The van der Waals surface area contributed by atoms with E-state index in [1.807, 2.05) is 0 Å². The topological polar surface area (TPSA) is 49.3 Å². The van der Waals surface area contributed by atoms with E-state index in [4.69, 9.17) is 11.6 Å². The molecule has 148 valence electrons. The van der Waals surface area contributed by atoms with Gasteiger partial charge in [-0.3, -0.25) is 4.79 Å². The molecular weight excluding hydrogens is 372 g/mol. The van der Waals surface area contributed by atoms with Crippen LogP contribution < -0.4 is 5.32 Å². The Morgan fingerprint density at radius 3 is 2.48 bits per heavy atom. The maximum atomic E-state index is 15.0. The van der Waals surface area contributed by atoms with Crippen LogP contribution in [0.4, 0.5) is 8.78 Å². The van der Waals surface area contributed by atoms with E-state index in [1.54, 1.807) is 6.92 Å². The average Bonchev–Trinajstić information content (AvgIpc) is 3.36.